The summed E-state index contributed by atoms with van der Waals surface area (Å²) in [5.41, 5.74) is 1.64. The molecule has 3 nitrogen and oxygen atoms in total. The molecule has 2 aromatic heterocycles. The normalized spacial score (nSPS) is 11.7. The Morgan fingerprint density at radius 1 is 1.47 bits per heavy atom. The first-order chi connectivity index (χ1) is 7.95. The summed E-state index contributed by atoms with van der Waals surface area (Å²) < 4.78 is 15.3. The number of nitriles is 1. The van der Waals surface area contributed by atoms with E-state index in [1.54, 1.807) is 16.7 Å². The van der Waals surface area contributed by atoms with Crippen molar-refractivity contribution in [3.8, 4) is 6.07 Å². The number of nitrogens with zero attached hydrogens (tertiary/aromatic N) is 3. The summed E-state index contributed by atoms with van der Waals surface area (Å²) >= 11 is 0. The van der Waals surface area contributed by atoms with E-state index in [1.807, 2.05) is 20.8 Å². The molecular formula is C13H14FN3. The molecule has 0 N–H and O–H groups in total. The summed E-state index contributed by atoms with van der Waals surface area (Å²) in [5, 5.41) is 8.87. The van der Waals surface area contributed by atoms with Crippen molar-refractivity contribution in [3.05, 3.63) is 35.5 Å². The highest BCUT2D eigenvalue weighted by molar-refractivity contribution is 5.47. The third kappa shape index (κ3) is 1.89. The number of halogens is 1. The summed E-state index contributed by atoms with van der Waals surface area (Å²) in [6, 6.07) is 5.11. The SMILES string of the molecule is CC(C)(C)c1nc2c(F)cccn2c1CC#N. The Bertz CT molecular complexity index is 599. The highest BCUT2D eigenvalue weighted by Gasteiger charge is 2.24. The lowest BCUT2D eigenvalue weighted by atomic mass is 9.90. The van der Waals surface area contributed by atoms with Crippen molar-refractivity contribution < 1.29 is 4.39 Å². The van der Waals surface area contributed by atoms with Crippen molar-refractivity contribution in [2.45, 2.75) is 32.6 Å². The van der Waals surface area contributed by atoms with Crippen LogP contribution in [0.25, 0.3) is 5.65 Å². The van der Waals surface area contributed by atoms with E-state index in [4.69, 9.17) is 5.26 Å². The lowest BCUT2D eigenvalue weighted by Gasteiger charge is -2.16. The van der Waals surface area contributed by atoms with Gasteiger partial charge in [-0.1, -0.05) is 20.8 Å². The van der Waals surface area contributed by atoms with Gasteiger partial charge >= 0.3 is 0 Å². The van der Waals surface area contributed by atoms with Crippen LogP contribution in [0.3, 0.4) is 0 Å². The Morgan fingerprint density at radius 3 is 2.76 bits per heavy atom. The molecule has 0 atom stereocenters. The number of hydrogen-bond donors (Lipinski definition) is 0. The van der Waals surface area contributed by atoms with Crippen molar-refractivity contribution in [2.24, 2.45) is 0 Å². The molecule has 0 bridgehead atoms. The number of fused-ring (bicyclic) bond motifs is 1. The van der Waals surface area contributed by atoms with Crippen LogP contribution in [0.15, 0.2) is 18.3 Å². The third-order valence-corrected chi connectivity index (χ3v) is 2.66. The highest BCUT2D eigenvalue weighted by atomic mass is 19.1. The van der Waals surface area contributed by atoms with Crippen LogP contribution in [-0.4, -0.2) is 9.38 Å². The first kappa shape index (κ1) is 11.6. The van der Waals surface area contributed by atoms with E-state index >= 15 is 0 Å². The molecule has 2 aromatic rings. The van der Waals surface area contributed by atoms with Crippen LogP contribution in [0.2, 0.25) is 0 Å². The molecule has 4 heteroatoms. The zero-order chi connectivity index (χ0) is 12.6. The molecule has 0 aliphatic carbocycles. The van der Waals surface area contributed by atoms with Gasteiger partial charge in [0, 0.05) is 11.6 Å². The number of hydrogen-bond acceptors (Lipinski definition) is 2. The fourth-order valence-corrected chi connectivity index (χ4v) is 1.93. The van der Waals surface area contributed by atoms with E-state index in [0.29, 0.717) is 5.65 Å². The van der Waals surface area contributed by atoms with Gasteiger partial charge in [0.2, 0.25) is 0 Å². The number of rotatable bonds is 1. The fourth-order valence-electron chi connectivity index (χ4n) is 1.93. The summed E-state index contributed by atoms with van der Waals surface area (Å²) in [7, 11) is 0. The van der Waals surface area contributed by atoms with E-state index in [-0.39, 0.29) is 17.7 Å². The van der Waals surface area contributed by atoms with Crippen molar-refractivity contribution in [2.75, 3.05) is 0 Å². The Balaban J connectivity index is 2.81. The van der Waals surface area contributed by atoms with Crippen LogP contribution >= 0.6 is 0 Å². The maximum absolute atomic E-state index is 13.6. The number of aromatic nitrogens is 2. The van der Waals surface area contributed by atoms with Crippen LogP contribution in [0.5, 0.6) is 0 Å². The third-order valence-electron chi connectivity index (χ3n) is 2.66. The van der Waals surface area contributed by atoms with E-state index < -0.39 is 0 Å². The van der Waals surface area contributed by atoms with E-state index in [0.717, 1.165) is 11.4 Å². The summed E-state index contributed by atoms with van der Waals surface area (Å²) in [4.78, 5) is 4.34. The Kier molecular flexibility index (Phi) is 2.62. The van der Waals surface area contributed by atoms with E-state index in [2.05, 4.69) is 11.1 Å². The second-order valence-electron chi connectivity index (χ2n) is 5.04. The monoisotopic (exact) mass is 231 g/mol. The fraction of sp³-hybridized carbons (Fsp3) is 0.385. The Morgan fingerprint density at radius 2 is 2.18 bits per heavy atom. The zero-order valence-corrected chi connectivity index (χ0v) is 10.2. The standard InChI is InChI=1S/C13H14FN3/c1-13(2,3)11-10(6-7-15)17-8-4-5-9(14)12(17)16-11/h4-5,8H,6H2,1-3H3. The molecule has 0 unspecified atom stereocenters. The molecular weight excluding hydrogens is 217 g/mol. The highest BCUT2D eigenvalue weighted by Crippen LogP contribution is 2.27. The average Bonchev–Trinajstić information content (AvgIpc) is 2.59. The van der Waals surface area contributed by atoms with Gasteiger partial charge in [0.15, 0.2) is 11.5 Å². The summed E-state index contributed by atoms with van der Waals surface area (Å²) in [5.74, 6) is -0.359. The van der Waals surface area contributed by atoms with Crippen LogP contribution < -0.4 is 0 Å². The first-order valence-electron chi connectivity index (χ1n) is 5.48. The van der Waals surface area contributed by atoms with Crippen LogP contribution in [0.4, 0.5) is 4.39 Å². The van der Waals surface area contributed by atoms with Gasteiger partial charge in [-0.05, 0) is 12.1 Å². The average molecular weight is 231 g/mol. The number of imidazole rings is 1. The van der Waals surface area contributed by atoms with Gasteiger partial charge in [0.1, 0.15) is 0 Å². The quantitative estimate of drug-likeness (QED) is 0.757. The predicted octanol–water partition coefficient (Wildman–Crippen LogP) is 2.84. The second kappa shape index (κ2) is 3.85. The minimum absolute atomic E-state index is 0.204. The van der Waals surface area contributed by atoms with Crippen molar-refractivity contribution >= 4 is 5.65 Å². The molecule has 88 valence electrons. The van der Waals surface area contributed by atoms with Gasteiger partial charge in [0.05, 0.1) is 23.9 Å². The van der Waals surface area contributed by atoms with Gasteiger partial charge < -0.3 is 4.40 Å². The maximum Gasteiger partial charge on any atom is 0.173 e. The second-order valence-corrected chi connectivity index (χ2v) is 5.04. The van der Waals surface area contributed by atoms with Gasteiger partial charge in [-0.2, -0.15) is 5.26 Å². The van der Waals surface area contributed by atoms with Gasteiger partial charge in [-0.15, -0.1) is 0 Å². The molecule has 0 aliphatic heterocycles. The van der Waals surface area contributed by atoms with Crippen molar-refractivity contribution in [1.82, 2.24) is 9.38 Å². The van der Waals surface area contributed by atoms with Gasteiger partial charge in [0.25, 0.3) is 0 Å². The van der Waals surface area contributed by atoms with Crippen LogP contribution in [-0.2, 0) is 11.8 Å². The largest absolute Gasteiger partial charge is 0.300 e. The van der Waals surface area contributed by atoms with Crippen LogP contribution in [0.1, 0.15) is 32.2 Å². The molecule has 0 aromatic carbocycles. The van der Waals surface area contributed by atoms with Gasteiger partial charge in [-0.3, -0.25) is 0 Å². The Labute approximate surface area is 99.5 Å². The molecule has 0 radical (unpaired) electrons. The topological polar surface area (TPSA) is 41.1 Å². The molecule has 0 amide bonds. The van der Waals surface area contributed by atoms with Crippen molar-refractivity contribution in [1.29, 1.82) is 5.26 Å². The molecule has 2 rings (SSSR count). The predicted molar refractivity (Wildman–Crippen MR) is 63.2 cm³/mol. The minimum Gasteiger partial charge on any atom is -0.300 e. The number of pyridine rings is 1. The van der Waals surface area contributed by atoms with Gasteiger partial charge in [-0.25, -0.2) is 9.37 Å². The zero-order valence-electron chi connectivity index (χ0n) is 10.2. The molecule has 0 fully saturated rings. The molecule has 17 heavy (non-hydrogen) atoms. The molecule has 2 heterocycles. The van der Waals surface area contributed by atoms with E-state index in [9.17, 15) is 4.39 Å². The lowest BCUT2D eigenvalue weighted by molar-refractivity contribution is 0.566. The minimum atomic E-state index is -0.359. The molecule has 0 aliphatic rings. The Hall–Kier alpha value is -1.89. The molecule has 0 saturated carbocycles. The smallest absolute Gasteiger partial charge is 0.173 e. The van der Waals surface area contributed by atoms with Crippen LogP contribution in [0, 0.1) is 17.1 Å². The summed E-state index contributed by atoms with van der Waals surface area (Å²) in [6.07, 6.45) is 1.98. The van der Waals surface area contributed by atoms with Crippen molar-refractivity contribution in [3.63, 3.8) is 0 Å². The molecule has 0 saturated heterocycles. The molecule has 0 spiro atoms. The van der Waals surface area contributed by atoms with E-state index in [1.165, 1.54) is 6.07 Å². The summed E-state index contributed by atoms with van der Waals surface area (Å²) in [6.45, 7) is 6.02. The first-order valence-corrected chi connectivity index (χ1v) is 5.48. The lowest BCUT2D eigenvalue weighted by Crippen LogP contribution is -2.14. The maximum atomic E-state index is 13.6.